The molecule has 2 fully saturated rings. The second-order valence-electron chi connectivity index (χ2n) is 12.4. The molecule has 0 N–H and O–H groups in total. The van der Waals surface area contributed by atoms with Gasteiger partial charge in [0, 0.05) is 30.8 Å². The summed E-state index contributed by atoms with van der Waals surface area (Å²) < 4.78 is 11.6. The van der Waals surface area contributed by atoms with Gasteiger partial charge >= 0.3 is 11.5 Å². The molecular formula is C36H37ClN4O5. The zero-order chi connectivity index (χ0) is 31.5. The first-order chi connectivity index (χ1) is 22.5. The Morgan fingerprint density at radius 2 is 1.46 bits per heavy atom. The zero-order valence-electron chi connectivity index (χ0n) is 25.6. The van der Waals surface area contributed by atoms with E-state index in [0.717, 1.165) is 44.1 Å². The van der Waals surface area contributed by atoms with E-state index < -0.39 is 5.37 Å². The van der Waals surface area contributed by atoms with Gasteiger partial charge in [-0.3, -0.25) is 9.63 Å². The third-order valence-electron chi connectivity index (χ3n) is 9.68. The molecule has 0 bridgehead atoms. The van der Waals surface area contributed by atoms with Crippen LogP contribution >= 0.6 is 11.6 Å². The molecule has 2 heterocycles. The Labute approximate surface area is 273 Å². The number of fused-ring (bicyclic) bond motifs is 3. The van der Waals surface area contributed by atoms with Crippen LogP contribution in [-0.2, 0) is 16.2 Å². The highest BCUT2D eigenvalue weighted by Crippen LogP contribution is 2.44. The Hall–Kier alpha value is -4.21. The van der Waals surface area contributed by atoms with E-state index in [0.29, 0.717) is 31.4 Å². The minimum atomic E-state index is -0.606. The Bertz CT molecular complexity index is 1620. The average Bonchev–Trinajstić information content (AvgIpc) is 3.72. The van der Waals surface area contributed by atoms with E-state index in [1.807, 2.05) is 54.6 Å². The molecule has 4 aromatic rings. The molecule has 2 amide bonds. The molecule has 238 valence electrons. The Morgan fingerprint density at radius 3 is 2.11 bits per heavy atom. The molecule has 0 spiro atoms. The molecule has 1 aromatic heterocycles. The Kier molecular flexibility index (Phi) is 9.03. The SMILES string of the molecule is O=C(OCC1c2ccccc2-c2ccccc21)N1CCC(c2nc([C@H]3CC[C@H](N(OCc4ccccc4)C(=O)Cl)CC3)no2)CC1. The van der Waals surface area contributed by atoms with E-state index in [1.165, 1.54) is 27.3 Å². The van der Waals surface area contributed by atoms with E-state index in [9.17, 15) is 9.59 Å². The van der Waals surface area contributed by atoms with Gasteiger partial charge in [-0.25, -0.2) is 9.86 Å². The van der Waals surface area contributed by atoms with E-state index in [1.54, 1.807) is 4.90 Å². The predicted molar refractivity (Wildman–Crippen MR) is 172 cm³/mol. The van der Waals surface area contributed by atoms with Gasteiger partial charge in [0.2, 0.25) is 5.89 Å². The molecule has 3 aromatic carbocycles. The minimum Gasteiger partial charge on any atom is -0.448 e. The second kappa shape index (κ2) is 13.6. The normalized spacial score (nSPS) is 19.8. The lowest BCUT2D eigenvalue weighted by atomic mass is 9.85. The zero-order valence-corrected chi connectivity index (χ0v) is 26.4. The molecule has 0 radical (unpaired) electrons. The van der Waals surface area contributed by atoms with Crippen molar-refractivity contribution < 1.29 is 23.7 Å². The number of aromatic nitrogens is 2. The smallest absolute Gasteiger partial charge is 0.409 e. The number of hydrogen-bond acceptors (Lipinski definition) is 7. The van der Waals surface area contributed by atoms with Crippen LogP contribution in [0.15, 0.2) is 83.4 Å². The number of nitrogens with zero attached hydrogens (tertiary/aromatic N) is 4. The standard InChI is InChI=1S/C36H37ClN4O5/c37-35(42)41(45-22-24-8-2-1-3-9-24)27-16-14-25(15-17-27)33-38-34(46-39-33)26-18-20-40(21-19-26)36(43)44-23-32-30-12-6-4-10-28(30)29-11-5-7-13-31(29)32/h1-13,25-27,32H,14-23H2/t25-,27-. The summed E-state index contributed by atoms with van der Waals surface area (Å²) in [4.78, 5) is 37.6. The van der Waals surface area contributed by atoms with Gasteiger partial charge in [0.15, 0.2) is 5.82 Å². The molecule has 1 saturated carbocycles. The lowest BCUT2D eigenvalue weighted by Gasteiger charge is -2.33. The number of ether oxygens (including phenoxy) is 1. The quantitative estimate of drug-likeness (QED) is 0.109. The molecule has 9 nitrogen and oxygen atoms in total. The van der Waals surface area contributed by atoms with Crippen molar-refractivity contribution in [3.05, 3.63) is 107 Å². The van der Waals surface area contributed by atoms with E-state index in [2.05, 4.69) is 29.4 Å². The summed E-state index contributed by atoms with van der Waals surface area (Å²) in [7, 11) is 0. The lowest BCUT2D eigenvalue weighted by Crippen LogP contribution is -2.39. The summed E-state index contributed by atoms with van der Waals surface area (Å²) in [6.45, 7) is 1.76. The van der Waals surface area contributed by atoms with Crippen molar-refractivity contribution in [3.8, 4) is 11.1 Å². The van der Waals surface area contributed by atoms with Gasteiger partial charge in [0.1, 0.15) is 13.2 Å². The van der Waals surface area contributed by atoms with Crippen molar-refractivity contribution in [2.24, 2.45) is 0 Å². The molecule has 2 aliphatic carbocycles. The fourth-order valence-corrected chi connectivity index (χ4v) is 7.35. The van der Waals surface area contributed by atoms with Crippen molar-refractivity contribution in [3.63, 3.8) is 0 Å². The number of benzene rings is 3. The van der Waals surface area contributed by atoms with Crippen LogP contribution in [0, 0.1) is 0 Å². The van der Waals surface area contributed by atoms with Gasteiger partial charge in [-0.05, 0) is 77.9 Å². The van der Waals surface area contributed by atoms with Crippen LogP contribution in [0.3, 0.4) is 0 Å². The number of hydrogen-bond donors (Lipinski definition) is 0. The maximum Gasteiger partial charge on any atom is 0.409 e. The third-order valence-corrected chi connectivity index (χ3v) is 9.84. The predicted octanol–water partition coefficient (Wildman–Crippen LogP) is 8.02. The molecule has 10 heteroatoms. The van der Waals surface area contributed by atoms with Gasteiger partial charge in [-0.2, -0.15) is 4.98 Å². The van der Waals surface area contributed by atoms with Gasteiger partial charge < -0.3 is 14.2 Å². The lowest BCUT2D eigenvalue weighted by molar-refractivity contribution is -0.154. The summed E-state index contributed by atoms with van der Waals surface area (Å²) in [6.07, 6.45) is 4.29. The van der Waals surface area contributed by atoms with Gasteiger partial charge in [0.25, 0.3) is 0 Å². The second-order valence-corrected chi connectivity index (χ2v) is 12.7. The number of amides is 2. The highest BCUT2D eigenvalue weighted by Gasteiger charge is 2.34. The summed E-state index contributed by atoms with van der Waals surface area (Å²) in [5.41, 5.74) is 5.82. The number of hydroxylamine groups is 2. The maximum absolute atomic E-state index is 13.1. The monoisotopic (exact) mass is 640 g/mol. The molecule has 7 rings (SSSR count). The van der Waals surface area contributed by atoms with Crippen LogP contribution in [0.5, 0.6) is 0 Å². The average molecular weight is 641 g/mol. The molecule has 1 aliphatic heterocycles. The minimum absolute atomic E-state index is 0.0427. The van der Waals surface area contributed by atoms with Crippen LogP contribution in [-0.4, -0.2) is 57.3 Å². The summed E-state index contributed by atoms with van der Waals surface area (Å²) in [5.74, 6) is 1.64. The summed E-state index contributed by atoms with van der Waals surface area (Å²) >= 11 is 5.89. The van der Waals surface area contributed by atoms with Crippen molar-refractivity contribution in [2.45, 2.75) is 68.9 Å². The molecule has 0 atom stereocenters. The molecule has 46 heavy (non-hydrogen) atoms. The van der Waals surface area contributed by atoms with E-state index in [4.69, 9.17) is 30.7 Å². The molecule has 3 aliphatic rings. The molecule has 1 saturated heterocycles. The van der Waals surface area contributed by atoms with Crippen molar-refractivity contribution in [1.29, 1.82) is 0 Å². The molecular weight excluding hydrogens is 604 g/mol. The number of halogens is 1. The highest BCUT2D eigenvalue weighted by atomic mass is 35.5. The van der Waals surface area contributed by atoms with Crippen LogP contribution in [0.4, 0.5) is 9.59 Å². The van der Waals surface area contributed by atoms with Crippen molar-refractivity contribution in [1.82, 2.24) is 20.1 Å². The largest absolute Gasteiger partial charge is 0.448 e. The number of carbonyl (C=O) groups excluding carboxylic acids is 2. The first-order valence-corrected chi connectivity index (χ1v) is 16.5. The van der Waals surface area contributed by atoms with Crippen LogP contribution in [0.1, 0.15) is 84.7 Å². The fraction of sp³-hybridized carbons (Fsp3) is 0.389. The maximum atomic E-state index is 13.1. The van der Waals surface area contributed by atoms with Crippen molar-refractivity contribution >= 4 is 23.1 Å². The highest BCUT2D eigenvalue weighted by molar-refractivity contribution is 6.62. The first kappa shape index (κ1) is 30.4. The number of rotatable bonds is 8. The van der Waals surface area contributed by atoms with Gasteiger partial charge in [-0.15, -0.1) is 0 Å². The molecule has 0 unspecified atom stereocenters. The number of likely N-dealkylation sites (tertiary alicyclic amines) is 1. The van der Waals surface area contributed by atoms with Crippen LogP contribution in [0.25, 0.3) is 11.1 Å². The van der Waals surface area contributed by atoms with Gasteiger partial charge in [-0.1, -0.05) is 84.0 Å². The van der Waals surface area contributed by atoms with Crippen LogP contribution < -0.4 is 0 Å². The number of carbonyl (C=O) groups is 2. The first-order valence-electron chi connectivity index (χ1n) is 16.1. The third kappa shape index (κ3) is 6.39. The Morgan fingerprint density at radius 1 is 0.826 bits per heavy atom. The fourth-order valence-electron chi connectivity index (χ4n) is 7.16. The summed E-state index contributed by atoms with van der Waals surface area (Å²) in [5, 5.41) is 5.04. The Balaban J connectivity index is 0.884. The van der Waals surface area contributed by atoms with Gasteiger partial charge in [0.05, 0.1) is 6.04 Å². The summed E-state index contributed by atoms with van der Waals surface area (Å²) in [6, 6.07) is 26.3. The number of piperidine rings is 1. The van der Waals surface area contributed by atoms with Crippen molar-refractivity contribution in [2.75, 3.05) is 19.7 Å². The topological polar surface area (TPSA) is 98.0 Å². The van der Waals surface area contributed by atoms with E-state index in [-0.39, 0.29) is 36.5 Å². The van der Waals surface area contributed by atoms with E-state index >= 15 is 0 Å². The van der Waals surface area contributed by atoms with Crippen LogP contribution in [0.2, 0.25) is 0 Å².